The van der Waals surface area contributed by atoms with Gasteiger partial charge in [0.25, 0.3) is 0 Å². The van der Waals surface area contributed by atoms with Gasteiger partial charge >= 0.3 is 0 Å². The average molecular weight is 429 g/mol. The number of methoxy groups -OCH3 is 2. The molecular weight excluding hydrogens is 408 g/mol. The quantitative estimate of drug-likeness (QED) is 0.562. The summed E-state index contributed by atoms with van der Waals surface area (Å²) in [6, 6.07) is 9.58. The summed E-state index contributed by atoms with van der Waals surface area (Å²) >= 11 is 3.63. The van der Waals surface area contributed by atoms with Gasteiger partial charge in [0, 0.05) is 40.7 Å². The molecule has 0 aliphatic heterocycles. The number of halogens is 1. The van der Waals surface area contributed by atoms with Gasteiger partial charge in [-0.1, -0.05) is 0 Å². The summed E-state index contributed by atoms with van der Waals surface area (Å²) in [7, 11) is 3.26. The zero-order valence-electron chi connectivity index (χ0n) is 15.7. The molecule has 140 valence electrons. The number of pyridine rings is 1. The Kier molecular flexibility index (Phi) is 5.91. The number of ether oxygens (including phenoxy) is 2. The Hall–Kier alpha value is -2.67. The first-order valence-electron chi connectivity index (χ1n) is 8.52. The van der Waals surface area contributed by atoms with Crippen LogP contribution in [0.5, 0.6) is 11.5 Å². The number of aromatic nitrogens is 3. The molecule has 0 fully saturated rings. The zero-order chi connectivity index (χ0) is 19.4. The molecular formula is C20H21BrN4O2. The van der Waals surface area contributed by atoms with Crippen LogP contribution in [0.1, 0.15) is 12.6 Å². The maximum atomic E-state index is 5.60. The number of hydrogen-bond acceptors (Lipinski definition) is 6. The molecule has 0 bridgehead atoms. The largest absolute Gasteiger partial charge is 0.497 e. The van der Waals surface area contributed by atoms with Crippen molar-refractivity contribution in [3.63, 3.8) is 0 Å². The molecule has 0 spiro atoms. The Balaban J connectivity index is 2.13. The number of aryl methyl sites for hydroxylation is 1. The monoisotopic (exact) mass is 428 g/mol. The summed E-state index contributed by atoms with van der Waals surface area (Å²) in [5.74, 6) is 1.98. The van der Waals surface area contributed by atoms with Crippen molar-refractivity contribution in [2.24, 2.45) is 0 Å². The van der Waals surface area contributed by atoms with Gasteiger partial charge in [0.15, 0.2) is 0 Å². The van der Waals surface area contributed by atoms with Crippen molar-refractivity contribution in [1.82, 2.24) is 15.0 Å². The molecule has 0 aliphatic rings. The summed E-state index contributed by atoms with van der Waals surface area (Å²) in [4.78, 5) is 15.6. The van der Waals surface area contributed by atoms with Crippen LogP contribution in [0.3, 0.4) is 0 Å². The zero-order valence-corrected chi connectivity index (χ0v) is 17.3. The Morgan fingerprint density at radius 3 is 2.56 bits per heavy atom. The van der Waals surface area contributed by atoms with Gasteiger partial charge in [-0.15, -0.1) is 0 Å². The molecule has 0 atom stereocenters. The van der Waals surface area contributed by atoms with Crippen molar-refractivity contribution in [3.8, 4) is 22.8 Å². The van der Waals surface area contributed by atoms with Crippen molar-refractivity contribution >= 4 is 27.6 Å². The molecule has 3 aromatic rings. The van der Waals surface area contributed by atoms with Crippen LogP contribution in [-0.2, 0) is 0 Å². The van der Waals surface area contributed by atoms with Crippen molar-refractivity contribution in [3.05, 3.63) is 52.9 Å². The lowest BCUT2D eigenvalue weighted by molar-refractivity contribution is 0.394. The predicted octanol–water partition coefficient (Wildman–Crippen LogP) is 4.78. The molecule has 6 nitrogen and oxygen atoms in total. The van der Waals surface area contributed by atoms with E-state index in [1.165, 1.54) is 0 Å². The minimum absolute atomic E-state index is 0.598. The predicted molar refractivity (Wildman–Crippen MR) is 110 cm³/mol. The third kappa shape index (κ3) is 4.03. The topological polar surface area (TPSA) is 60.4 Å². The molecule has 0 aliphatic carbocycles. The highest BCUT2D eigenvalue weighted by Gasteiger charge is 2.21. The lowest BCUT2D eigenvalue weighted by atomic mass is 10.2. The molecule has 0 radical (unpaired) electrons. The summed E-state index contributed by atoms with van der Waals surface area (Å²) in [6.45, 7) is 4.67. The van der Waals surface area contributed by atoms with Crippen LogP contribution < -0.4 is 14.4 Å². The van der Waals surface area contributed by atoms with Gasteiger partial charge in [0.05, 0.1) is 19.9 Å². The molecule has 0 saturated carbocycles. The summed E-state index contributed by atoms with van der Waals surface area (Å²) in [5, 5.41) is 0. The number of anilines is 2. The maximum absolute atomic E-state index is 5.60. The number of nitrogens with zero attached hydrogens (tertiary/aromatic N) is 4. The van der Waals surface area contributed by atoms with Gasteiger partial charge in [-0.25, -0.2) is 9.97 Å². The van der Waals surface area contributed by atoms with Crippen molar-refractivity contribution < 1.29 is 9.47 Å². The normalized spacial score (nSPS) is 10.6. The number of benzene rings is 1. The van der Waals surface area contributed by atoms with E-state index in [-0.39, 0.29) is 0 Å². The Morgan fingerprint density at radius 2 is 1.93 bits per heavy atom. The first kappa shape index (κ1) is 19.1. The smallest absolute Gasteiger partial charge is 0.230 e. The summed E-state index contributed by atoms with van der Waals surface area (Å²) in [5.41, 5.74) is 3.50. The maximum Gasteiger partial charge on any atom is 0.230 e. The van der Waals surface area contributed by atoms with E-state index in [4.69, 9.17) is 14.5 Å². The van der Waals surface area contributed by atoms with Crippen molar-refractivity contribution in [1.29, 1.82) is 0 Å². The molecule has 1 aromatic carbocycles. The van der Waals surface area contributed by atoms with Crippen LogP contribution >= 0.6 is 15.9 Å². The van der Waals surface area contributed by atoms with Gasteiger partial charge in [-0.05, 0) is 54.0 Å². The van der Waals surface area contributed by atoms with E-state index in [9.17, 15) is 0 Å². The van der Waals surface area contributed by atoms with E-state index >= 15 is 0 Å². The van der Waals surface area contributed by atoms with Crippen molar-refractivity contribution in [2.45, 2.75) is 13.8 Å². The van der Waals surface area contributed by atoms with E-state index in [0.29, 0.717) is 24.0 Å². The van der Waals surface area contributed by atoms with Crippen LogP contribution in [-0.4, -0.2) is 35.7 Å². The van der Waals surface area contributed by atoms with Crippen molar-refractivity contribution in [2.75, 3.05) is 25.7 Å². The SMILES string of the molecule is CCN(c1nc(C)cc(-c2cccnc2)n1)c1c(Br)cc(OC)cc1OC. The van der Waals surface area contributed by atoms with E-state index < -0.39 is 0 Å². The van der Waals surface area contributed by atoms with Gasteiger partial charge in [-0.2, -0.15) is 0 Å². The number of rotatable bonds is 6. The van der Waals surface area contributed by atoms with E-state index in [0.717, 1.165) is 27.1 Å². The third-order valence-electron chi connectivity index (χ3n) is 4.08. The first-order chi connectivity index (χ1) is 13.1. The second-order valence-corrected chi connectivity index (χ2v) is 6.69. The second kappa shape index (κ2) is 8.35. The highest BCUT2D eigenvalue weighted by Crippen LogP contribution is 2.42. The van der Waals surface area contributed by atoms with Crippen LogP contribution in [0.2, 0.25) is 0 Å². The lowest BCUT2D eigenvalue weighted by Crippen LogP contribution is -2.20. The third-order valence-corrected chi connectivity index (χ3v) is 4.69. The Morgan fingerprint density at radius 1 is 1.11 bits per heavy atom. The Bertz CT molecular complexity index is 935. The van der Waals surface area contributed by atoms with E-state index in [1.54, 1.807) is 26.6 Å². The minimum Gasteiger partial charge on any atom is -0.497 e. The molecule has 0 unspecified atom stereocenters. The molecule has 3 rings (SSSR count). The van der Waals surface area contributed by atoms with Crippen LogP contribution in [0.25, 0.3) is 11.3 Å². The number of hydrogen-bond donors (Lipinski definition) is 0. The molecule has 0 saturated heterocycles. The van der Waals surface area contributed by atoms with Gasteiger partial charge < -0.3 is 14.4 Å². The summed E-state index contributed by atoms with van der Waals surface area (Å²) in [6.07, 6.45) is 3.54. The van der Waals surface area contributed by atoms with Crippen LogP contribution in [0, 0.1) is 6.92 Å². The van der Waals surface area contributed by atoms with E-state index in [2.05, 4.69) is 25.9 Å². The molecule has 2 aromatic heterocycles. The van der Waals surface area contributed by atoms with Gasteiger partial charge in [0.1, 0.15) is 17.2 Å². The summed E-state index contributed by atoms with van der Waals surface area (Å²) < 4.78 is 11.8. The van der Waals surface area contributed by atoms with E-state index in [1.807, 2.05) is 49.1 Å². The fraction of sp³-hybridized carbons (Fsp3) is 0.250. The average Bonchev–Trinajstić information content (AvgIpc) is 2.69. The highest BCUT2D eigenvalue weighted by molar-refractivity contribution is 9.10. The second-order valence-electron chi connectivity index (χ2n) is 5.84. The van der Waals surface area contributed by atoms with Gasteiger partial charge in [-0.3, -0.25) is 4.98 Å². The molecule has 7 heteroatoms. The Labute approximate surface area is 167 Å². The van der Waals surface area contributed by atoms with Gasteiger partial charge in [0.2, 0.25) is 5.95 Å². The fourth-order valence-electron chi connectivity index (χ4n) is 2.82. The lowest BCUT2D eigenvalue weighted by Gasteiger charge is -2.25. The van der Waals surface area contributed by atoms with Crippen LogP contribution in [0.4, 0.5) is 11.6 Å². The minimum atomic E-state index is 0.598. The molecule has 27 heavy (non-hydrogen) atoms. The van der Waals surface area contributed by atoms with Crippen LogP contribution in [0.15, 0.2) is 47.2 Å². The fourth-order valence-corrected chi connectivity index (χ4v) is 3.46. The highest BCUT2D eigenvalue weighted by atomic mass is 79.9. The standard InChI is InChI=1S/C20H21BrN4O2/c1-5-25(19-16(21)10-15(26-3)11-18(19)27-4)20-23-13(2)9-17(24-20)14-7-6-8-22-12-14/h6-12H,5H2,1-4H3. The first-order valence-corrected chi connectivity index (χ1v) is 9.31. The molecule has 2 heterocycles. The molecule has 0 N–H and O–H groups in total. The molecule has 0 amide bonds.